The van der Waals surface area contributed by atoms with E-state index in [1.807, 2.05) is 13.8 Å². The summed E-state index contributed by atoms with van der Waals surface area (Å²) >= 11 is 0. The van der Waals surface area contributed by atoms with E-state index in [0.717, 1.165) is 18.2 Å². The summed E-state index contributed by atoms with van der Waals surface area (Å²) in [5, 5.41) is 81.4. The third-order valence-corrected chi connectivity index (χ3v) is 6.37. The monoisotopic (exact) mass is 548 g/mol. The number of carbonyl (C=O) groups is 1. The van der Waals surface area contributed by atoms with Gasteiger partial charge in [-0.15, -0.1) is 0 Å². The van der Waals surface area contributed by atoms with Crippen LogP contribution in [0.2, 0.25) is 0 Å². The van der Waals surface area contributed by atoms with Crippen LogP contribution in [0.4, 0.5) is 0 Å². The molecule has 0 radical (unpaired) electrons. The van der Waals surface area contributed by atoms with Crippen molar-refractivity contribution in [1.82, 2.24) is 0 Å². The molecular formula is C26H28O13. The predicted molar refractivity (Wildman–Crippen MR) is 132 cm³/mol. The van der Waals surface area contributed by atoms with E-state index < -0.39 is 88.4 Å². The maximum atomic E-state index is 12.9. The molecule has 39 heavy (non-hydrogen) atoms. The van der Waals surface area contributed by atoms with E-state index in [0.29, 0.717) is 12.2 Å². The number of fused-ring (bicyclic) bond motifs is 1. The van der Waals surface area contributed by atoms with Gasteiger partial charge in [0.2, 0.25) is 0 Å². The van der Waals surface area contributed by atoms with Gasteiger partial charge in [0.05, 0.1) is 17.7 Å². The summed E-state index contributed by atoms with van der Waals surface area (Å²) in [6.07, 6.45) is -8.37. The first kappa shape index (κ1) is 28.0. The number of aliphatic hydroxyl groups excluding tert-OH is 3. The Bertz CT molecular complexity index is 1440. The maximum Gasteiger partial charge on any atom is 0.338 e. The Hall–Kier alpha value is -4.04. The molecule has 0 bridgehead atoms. The summed E-state index contributed by atoms with van der Waals surface area (Å²) < 4.78 is 16.6. The Morgan fingerprint density at radius 3 is 2.18 bits per heavy atom. The molecule has 210 valence electrons. The molecule has 5 atom stereocenters. The third kappa shape index (κ3) is 5.16. The van der Waals surface area contributed by atoms with Crippen molar-refractivity contribution in [3.8, 4) is 28.7 Å². The first-order chi connectivity index (χ1) is 18.3. The van der Waals surface area contributed by atoms with Gasteiger partial charge in [0.1, 0.15) is 52.6 Å². The van der Waals surface area contributed by atoms with Gasteiger partial charge in [-0.3, -0.25) is 4.79 Å². The van der Waals surface area contributed by atoms with Crippen molar-refractivity contribution in [3.05, 3.63) is 51.4 Å². The number of hydrogen-bond donors (Lipinski definition) is 8. The highest BCUT2D eigenvalue weighted by atomic mass is 16.6. The molecule has 4 rings (SSSR count). The lowest BCUT2D eigenvalue weighted by Crippen LogP contribution is -2.56. The fourth-order valence-electron chi connectivity index (χ4n) is 4.51. The summed E-state index contributed by atoms with van der Waals surface area (Å²) in [6, 6.07) is 3.75. The van der Waals surface area contributed by atoms with Gasteiger partial charge in [0.25, 0.3) is 0 Å². The van der Waals surface area contributed by atoms with Gasteiger partial charge in [-0.25, -0.2) is 4.79 Å². The molecular weight excluding hydrogens is 520 g/mol. The Labute approximate surface area is 220 Å². The molecule has 1 aromatic heterocycles. The number of hydrogen-bond acceptors (Lipinski definition) is 13. The quantitative estimate of drug-likeness (QED) is 0.158. The number of ether oxygens (including phenoxy) is 2. The highest BCUT2D eigenvalue weighted by molar-refractivity contribution is 5.91. The van der Waals surface area contributed by atoms with Gasteiger partial charge in [-0.2, -0.15) is 0 Å². The van der Waals surface area contributed by atoms with Crippen LogP contribution in [0.5, 0.6) is 28.7 Å². The standard InChI is InChI=1S/C26H28O13/c1-9(2)3-11-6-12(28)18-16(37-11)7-13(29)19(22(18)34)24-25(23(35)21(33)17(8-27)38-24)39-26(36)10-4-14(30)20(32)15(31)5-10/h4-7,9,17,21,23-25,27,29-35H,3,8H2,1-2H3. The fourth-order valence-corrected chi connectivity index (χ4v) is 4.51. The maximum absolute atomic E-state index is 12.9. The van der Waals surface area contributed by atoms with E-state index in [1.165, 1.54) is 6.07 Å². The summed E-state index contributed by atoms with van der Waals surface area (Å²) in [5.41, 5.74) is -1.76. The first-order valence-electron chi connectivity index (χ1n) is 11.9. The molecule has 3 aromatic rings. The predicted octanol–water partition coefficient (Wildman–Crippen LogP) is 0.899. The van der Waals surface area contributed by atoms with Gasteiger partial charge < -0.3 is 54.7 Å². The second-order valence-electron chi connectivity index (χ2n) is 9.70. The molecule has 2 heterocycles. The van der Waals surface area contributed by atoms with Gasteiger partial charge in [-0.05, 0) is 18.1 Å². The molecule has 1 saturated heterocycles. The molecule has 8 N–H and O–H groups in total. The van der Waals surface area contributed by atoms with Crippen LogP contribution in [0.3, 0.4) is 0 Å². The zero-order valence-electron chi connectivity index (χ0n) is 20.8. The largest absolute Gasteiger partial charge is 0.507 e. The molecule has 0 saturated carbocycles. The number of aromatic hydroxyl groups is 5. The zero-order chi connectivity index (χ0) is 28.8. The smallest absolute Gasteiger partial charge is 0.338 e. The molecule has 1 fully saturated rings. The minimum absolute atomic E-state index is 0.138. The van der Waals surface area contributed by atoms with Crippen molar-refractivity contribution in [2.24, 2.45) is 5.92 Å². The Morgan fingerprint density at radius 2 is 1.59 bits per heavy atom. The van der Waals surface area contributed by atoms with Crippen LogP contribution in [0.15, 0.2) is 33.5 Å². The van der Waals surface area contributed by atoms with Gasteiger partial charge in [0, 0.05) is 18.6 Å². The molecule has 0 amide bonds. The van der Waals surface area contributed by atoms with Crippen molar-refractivity contribution in [2.45, 2.75) is 50.8 Å². The summed E-state index contributed by atoms with van der Waals surface area (Å²) in [7, 11) is 0. The number of carbonyl (C=O) groups excluding carboxylic acids is 1. The van der Waals surface area contributed by atoms with Crippen LogP contribution in [0, 0.1) is 5.92 Å². The van der Waals surface area contributed by atoms with Gasteiger partial charge in [0.15, 0.2) is 28.8 Å². The minimum Gasteiger partial charge on any atom is -0.507 e. The molecule has 1 aliphatic heterocycles. The van der Waals surface area contributed by atoms with Crippen molar-refractivity contribution in [3.63, 3.8) is 0 Å². The van der Waals surface area contributed by atoms with Crippen molar-refractivity contribution in [2.75, 3.05) is 6.61 Å². The SMILES string of the molecule is CC(C)Cc1cc(=O)c2c(O)c(C3OC(CO)C(O)C(O)C3OC(=O)c3cc(O)c(O)c(O)c3)c(O)cc2o1. The number of aliphatic hydroxyl groups is 3. The normalized spacial score (nSPS) is 23.3. The Kier molecular flexibility index (Phi) is 7.61. The Morgan fingerprint density at radius 1 is 0.949 bits per heavy atom. The molecule has 13 nitrogen and oxygen atoms in total. The highest BCUT2D eigenvalue weighted by Crippen LogP contribution is 2.45. The van der Waals surface area contributed by atoms with Crippen LogP contribution in [-0.2, 0) is 15.9 Å². The van der Waals surface area contributed by atoms with Crippen LogP contribution in [-0.4, -0.2) is 77.8 Å². The zero-order valence-corrected chi connectivity index (χ0v) is 20.8. The number of esters is 1. The topological polar surface area (TPSA) is 228 Å². The van der Waals surface area contributed by atoms with Gasteiger partial charge >= 0.3 is 5.97 Å². The number of phenols is 5. The molecule has 13 heteroatoms. The highest BCUT2D eigenvalue weighted by Gasteiger charge is 2.49. The van der Waals surface area contributed by atoms with E-state index in [-0.39, 0.29) is 16.9 Å². The third-order valence-electron chi connectivity index (χ3n) is 6.37. The average Bonchev–Trinajstić information content (AvgIpc) is 2.85. The fraction of sp³-hybridized carbons (Fsp3) is 0.385. The van der Waals surface area contributed by atoms with E-state index >= 15 is 0 Å². The Balaban J connectivity index is 1.82. The second kappa shape index (κ2) is 10.6. The number of phenolic OH excluding ortho intramolecular Hbond substituents is 5. The molecule has 2 aromatic carbocycles. The number of rotatable bonds is 6. The van der Waals surface area contributed by atoms with Crippen molar-refractivity contribution in [1.29, 1.82) is 0 Å². The van der Waals surface area contributed by atoms with E-state index in [9.17, 15) is 50.4 Å². The molecule has 1 aliphatic rings. The summed E-state index contributed by atoms with van der Waals surface area (Å²) in [4.78, 5) is 25.8. The average molecular weight is 548 g/mol. The minimum atomic E-state index is -1.94. The van der Waals surface area contributed by atoms with E-state index in [1.54, 1.807) is 0 Å². The van der Waals surface area contributed by atoms with Crippen LogP contribution < -0.4 is 5.43 Å². The summed E-state index contributed by atoms with van der Waals surface area (Å²) in [5.74, 6) is -4.90. The lowest BCUT2D eigenvalue weighted by Gasteiger charge is -2.42. The second-order valence-corrected chi connectivity index (χ2v) is 9.70. The first-order valence-corrected chi connectivity index (χ1v) is 11.9. The van der Waals surface area contributed by atoms with Crippen molar-refractivity contribution < 1.29 is 59.5 Å². The lowest BCUT2D eigenvalue weighted by atomic mass is 9.89. The summed E-state index contributed by atoms with van der Waals surface area (Å²) in [6.45, 7) is 3.00. The van der Waals surface area contributed by atoms with Crippen LogP contribution in [0.1, 0.15) is 41.6 Å². The molecule has 0 aliphatic carbocycles. The van der Waals surface area contributed by atoms with Crippen molar-refractivity contribution >= 4 is 16.9 Å². The molecule has 0 spiro atoms. The van der Waals surface area contributed by atoms with Crippen LogP contribution >= 0.6 is 0 Å². The lowest BCUT2D eigenvalue weighted by molar-refractivity contribution is -0.232. The van der Waals surface area contributed by atoms with E-state index in [2.05, 4.69) is 0 Å². The number of benzene rings is 2. The molecule has 5 unspecified atom stereocenters. The van der Waals surface area contributed by atoms with Crippen LogP contribution in [0.25, 0.3) is 11.0 Å². The van der Waals surface area contributed by atoms with Gasteiger partial charge in [-0.1, -0.05) is 13.8 Å². The van der Waals surface area contributed by atoms with E-state index in [4.69, 9.17) is 13.9 Å².